The number of unbranched alkanes of at least 4 members (excludes halogenated alkanes) is 4. The van der Waals surface area contributed by atoms with Crippen LogP contribution in [0.1, 0.15) is 83.9 Å². The molecule has 0 bridgehead atoms. The van der Waals surface area contributed by atoms with E-state index in [0.717, 1.165) is 25.7 Å². The summed E-state index contributed by atoms with van der Waals surface area (Å²) in [6.45, 7) is 10.9. The van der Waals surface area contributed by atoms with Crippen LogP contribution in [0.15, 0.2) is 42.5 Å². The lowest BCUT2D eigenvalue weighted by Gasteiger charge is -2.34. The Balaban J connectivity index is 2.47. The van der Waals surface area contributed by atoms with Crippen molar-refractivity contribution < 1.29 is 29.0 Å². The third kappa shape index (κ3) is 9.77. The molecule has 0 aliphatic carbocycles. The topological polar surface area (TPSA) is 117 Å². The van der Waals surface area contributed by atoms with Gasteiger partial charge in [-0.3, -0.25) is 9.59 Å². The number of phenols is 1. The van der Waals surface area contributed by atoms with Crippen molar-refractivity contribution in [1.29, 1.82) is 0 Å². The van der Waals surface area contributed by atoms with Gasteiger partial charge in [0.15, 0.2) is 0 Å². The molecule has 40 heavy (non-hydrogen) atoms. The molecule has 0 radical (unpaired) electrons. The number of alkyl carbamates (subject to hydrolysis) is 1. The molecule has 0 saturated heterocycles. The Kier molecular flexibility index (Phi) is 12.3. The van der Waals surface area contributed by atoms with Gasteiger partial charge in [-0.2, -0.15) is 0 Å². The van der Waals surface area contributed by atoms with E-state index < -0.39 is 35.6 Å². The zero-order valence-electron chi connectivity index (χ0n) is 24.9. The minimum atomic E-state index is -1.15. The second kappa shape index (κ2) is 15.1. The minimum Gasteiger partial charge on any atom is -0.507 e. The monoisotopic (exact) mass is 555 g/mol. The number of phenolic OH excluding ortho intramolecular Hbond substituents is 1. The lowest BCUT2D eigenvalue weighted by Crippen LogP contribution is -2.51. The highest BCUT2D eigenvalue weighted by Crippen LogP contribution is 2.33. The Morgan fingerprint density at radius 3 is 2.25 bits per heavy atom. The number of ether oxygens (including phenoxy) is 2. The number of aromatic hydroxyl groups is 1. The number of aryl methyl sites for hydroxylation is 1. The van der Waals surface area contributed by atoms with Crippen LogP contribution in [-0.4, -0.2) is 53.2 Å². The van der Waals surface area contributed by atoms with Crippen LogP contribution in [0.25, 0.3) is 0 Å². The minimum absolute atomic E-state index is 0.0612. The fourth-order valence-corrected chi connectivity index (χ4v) is 4.28. The van der Waals surface area contributed by atoms with Gasteiger partial charge in [0.1, 0.15) is 29.2 Å². The van der Waals surface area contributed by atoms with E-state index in [1.165, 1.54) is 4.90 Å². The van der Waals surface area contributed by atoms with Gasteiger partial charge in [-0.15, -0.1) is 0 Å². The summed E-state index contributed by atoms with van der Waals surface area (Å²) in [5.74, 6) is -0.375. The van der Waals surface area contributed by atoms with Gasteiger partial charge in [-0.05, 0) is 70.9 Å². The lowest BCUT2D eigenvalue weighted by molar-refractivity contribution is -0.140. The van der Waals surface area contributed by atoms with Crippen molar-refractivity contribution in [3.63, 3.8) is 0 Å². The van der Waals surface area contributed by atoms with Crippen molar-refractivity contribution in [2.75, 3.05) is 19.0 Å². The molecule has 0 saturated carbocycles. The zero-order valence-corrected chi connectivity index (χ0v) is 24.9. The molecule has 2 atom stereocenters. The van der Waals surface area contributed by atoms with E-state index >= 15 is 0 Å². The van der Waals surface area contributed by atoms with Crippen molar-refractivity contribution in [2.45, 2.75) is 91.3 Å². The molecule has 0 heterocycles. The summed E-state index contributed by atoms with van der Waals surface area (Å²) in [6, 6.07) is 9.84. The van der Waals surface area contributed by atoms with Crippen LogP contribution in [0.2, 0.25) is 0 Å². The van der Waals surface area contributed by atoms with Crippen LogP contribution in [0.5, 0.6) is 11.5 Å². The molecule has 0 spiro atoms. The number of hydrogen-bond donors (Lipinski definition) is 3. The second-order valence-corrected chi connectivity index (χ2v) is 10.9. The number of amides is 3. The molecule has 0 aliphatic heterocycles. The normalized spacial score (nSPS) is 12.7. The number of methoxy groups -OCH3 is 1. The van der Waals surface area contributed by atoms with E-state index in [-0.39, 0.29) is 12.3 Å². The molecule has 2 unspecified atom stereocenters. The standard InChI is InChI=1S/C31H45N3O6/c1-8-9-10-11-12-20-34(29(37)22(3)32-30(38)40-31(4,5)6)26(25-15-13-14-21(2)27(25)35)28(36)33-23-16-18-24(39-7)19-17-23/h13-19,22,26,35H,8-12,20H2,1-7H3,(H,32,38)(H,33,36). The van der Waals surface area contributed by atoms with Crippen LogP contribution in [0.3, 0.4) is 0 Å². The third-order valence-electron chi connectivity index (χ3n) is 6.37. The molecule has 0 aliphatic rings. The summed E-state index contributed by atoms with van der Waals surface area (Å²) in [4.78, 5) is 41.7. The van der Waals surface area contributed by atoms with Crippen molar-refractivity contribution >= 4 is 23.6 Å². The van der Waals surface area contributed by atoms with E-state index in [1.807, 2.05) is 0 Å². The molecular formula is C31H45N3O6. The highest BCUT2D eigenvalue weighted by Gasteiger charge is 2.36. The predicted octanol–water partition coefficient (Wildman–Crippen LogP) is 6.10. The van der Waals surface area contributed by atoms with Crippen LogP contribution < -0.4 is 15.4 Å². The fraction of sp³-hybridized carbons (Fsp3) is 0.516. The summed E-state index contributed by atoms with van der Waals surface area (Å²) in [7, 11) is 1.56. The number of anilines is 1. The molecule has 220 valence electrons. The Labute approximate surface area is 238 Å². The van der Waals surface area contributed by atoms with Crippen molar-refractivity contribution in [3.05, 3.63) is 53.6 Å². The summed E-state index contributed by atoms with van der Waals surface area (Å²) < 4.78 is 10.5. The molecule has 0 fully saturated rings. The van der Waals surface area contributed by atoms with Gasteiger partial charge in [0.05, 0.1) is 7.11 Å². The van der Waals surface area contributed by atoms with Crippen LogP contribution >= 0.6 is 0 Å². The van der Waals surface area contributed by atoms with Crippen molar-refractivity contribution in [3.8, 4) is 11.5 Å². The van der Waals surface area contributed by atoms with E-state index in [9.17, 15) is 19.5 Å². The Bertz CT molecular complexity index is 1130. The van der Waals surface area contributed by atoms with E-state index in [2.05, 4.69) is 17.6 Å². The highest BCUT2D eigenvalue weighted by molar-refractivity contribution is 5.99. The molecule has 2 aromatic rings. The summed E-state index contributed by atoms with van der Waals surface area (Å²) in [5, 5.41) is 16.5. The number of rotatable bonds is 13. The van der Waals surface area contributed by atoms with Gasteiger partial charge in [-0.1, -0.05) is 50.8 Å². The van der Waals surface area contributed by atoms with Gasteiger partial charge in [0.2, 0.25) is 5.91 Å². The van der Waals surface area contributed by atoms with E-state index in [1.54, 1.807) is 84.2 Å². The average molecular weight is 556 g/mol. The molecule has 3 amide bonds. The maximum absolute atomic E-state index is 13.9. The Morgan fingerprint density at radius 2 is 1.65 bits per heavy atom. The number of carbonyl (C=O) groups is 3. The first-order chi connectivity index (χ1) is 18.9. The van der Waals surface area contributed by atoms with Crippen molar-refractivity contribution in [2.24, 2.45) is 0 Å². The maximum Gasteiger partial charge on any atom is 0.408 e. The van der Waals surface area contributed by atoms with E-state index in [4.69, 9.17) is 9.47 Å². The number of para-hydroxylation sites is 1. The van der Waals surface area contributed by atoms with Crippen LogP contribution in [-0.2, 0) is 14.3 Å². The first kappa shape index (κ1) is 32.5. The third-order valence-corrected chi connectivity index (χ3v) is 6.37. The Hall–Kier alpha value is -3.75. The second-order valence-electron chi connectivity index (χ2n) is 10.9. The molecule has 2 rings (SSSR count). The molecule has 9 heteroatoms. The SMILES string of the molecule is CCCCCCCN(C(=O)C(C)NC(=O)OC(C)(C)C)C(C(=O)Nc1ccc(OC)cc1)c1cccc(C)c1O. The number of nitrogens with one attached hydrogen (secondary N) is 2. The van der Waals surface area contributed by atoms with Crippen molar-refractivity contribution in [1.82, 2.24) is 10.2 Å². The van der Waals surface area contributed by atoms with Gasteiger partial charge in [0.25, 0.3) is 5.91 Å². The van der Waals surface area contributed by atoms with E-state index in [0.29, 0.717) is 29.0 Å². The van der Waals surface area contributed by atoms with Gasteiger partial charge >= 0.3 is 6.09 Å². The van der Waals surface area contributed by atoms with Crippen LogP contribution in [0, 0.1) is 6.92 Å². The quantitative estimate of drug-likeness (QED) is 0.257. The summed E-state index contributed by atoms with van der Waals surface area (Å²) in [6.07, 6.45) is 3.95. The first-order valence-corrected chi connectivity index (χ1v) is 13.9. The number of benzene rings is 2. The summed E-state index contributed by atoms with van der Waals surface area (Å²) in [5.41, 5.74) is 0.658. The lowest BCUT2D eigenvalue weighted by atomic mass is 9.98. The number of hydrogen-bond acceptors (Lipinski definition) is 6. The van der Waals surface area contributed by atoms with Crippen LogP contribution in [0.4, 0.5) is 10.5 Å². The largest absolute Gasteiger partial charge is 0.507 e. The number of carbonyl (C=O) groups excluding carboxylic acids is 3. The predicted molar refractivity (Wildman–Crippen MR) is 157 cm³/mol. The zero-order chi connectivity index (χ0) is 29.9. The summed E-state index contributed by atoms with van der Waals surface area (Å²) >= 11 is 0. The number of nitrogens with zero attached hydrogens (tertiary/aromatic N) is 1. The van der Waals surface area contributed by atoms with Gasteiger partial charge < -0.3 is 30.1 Å². The molecule has 0 aromatic heterocycles. The highest BCUT2D eigenvalue weighted by atomic mass is 16.6. The molecule has 2 aromatic carbocycles. The van der Waals surface area contributed by atoms with Gasteiger partial charge in [-0.25, -0.2) is 4.79 Å². The maximum atomic E-state index is 13.9. The molecular weight excluding hydrogens is 510 g/mol. The molecule has 3 N–H and O–H groups in total. The Morgan fingerprint density at radius 1 is 1.00 bits per heavy atom. The van der Waals surface area contributed by atoms with Gasteiger partial charge in [0, 0.05) is 17.8 Å². The molecule has 9 nitrogen and oxygen atoms in total. The first-order valence-electron chi connectivity index (χ1n) is 13.9. The fourth-order valence-electron chi connectivity index (χ4n) is 4.28. The smallest absolute Gasteiger partial charge is 0.408 e. The average Bonchev–Trinajstić information content (AvgIpc) is 2.88.